The molecule has 3 saturated carbocycles. The molecule has 0 spiro atoms. The fraction of sp³-hybridized carbons (Fsp3) is 0.440. The first kappa shape index (κ1) is 24.0. The lowest BCUT2D eigenvalue weighted by atomic mass is 9.52. The maximum Gasteiger partial charge on any atom is 0.270 e. The van der Waals surface area contributed by atoms with Crippen LogP contribution in [0.25, 0.3) is 5.78 Å². The van der Waals surface area contributed by atoms with Crippen LogP contribution in [-0.4, -0.2) is 43.7 Å². The minimum Gasteiger partial charge on any atom is -0.350 e. The quantitative estimate of drug-likeness (QED) is 0.519. The van der Waals surface area contributed by atoms with E-state index < -0.39 is 23.4 Å². The highest BCUT2D eigenvalue weighted by atomic mass is 19.2. The zero-order valence-corrected chi connectivity index (χ0v) is 19.8. The molecule has 9 nitrogen and oxygen atoms in total. The van der Waals surface area contributed by atoms with Gasteiger partial charge < -0.3 is 10.6 Å². The molecule has 1 aromatic carbocycles. The number of fused-ring (bicyclic) bond motifs is 4. The monoisotopic (exact) mass is 496 g/mol. The molecule has 0 unspecified atom stereocenters. The molecule has 3 fully saturated rings. The summed E-state index contributed by atoms with van der Waals surface area (Å²) in [6, 6.07) is 4.68. The third-order valence-corrected chi connectivity index (χ3v) is 7.93. The Kier molecular flexibility index (Phi) is 6.01. The predicted octanol–water partition coefficient (Wildman–Crippen LogP) is 2.99. The average molecular weight is 497 g/mol. The van der Waals surface area contributed by atoms with Crippen molar-refractivity contribution in [3.63, 3.8) is 0 Å². The molecule has 2 N–H and O–H groups in total. The van der Waals surface area contributed by atoms with Crippen LogP contribution in [0.15, 0.2) is 30.6 Å². The second-order valence-corrected chi connectivity index (χ2v) is 9.95. The molecule has 0 aliphatic heterocycles. The van der Waals surface area contributed by atoms with E-state index in [1.807, 2.05) is 0 Å². The number of carbonyl (C=O) groups is 3. The number of hydrogen-bond donors (Lipinski definition) is 2. The number of amides is 2. The molecule has 2 heterocycles. The Morgan fingerprint density at radius 1 is 0.972 bits per heavy atom. The van der Waals surface area contributed by atoms with Crippen LogP contribution in [0.5, 0.6) is 0 Å². The minimum absolute atomic E-state index is 0.0357. The van der Waals surface area contributed by atoms with Crippen molar-refractivity contribution in [2.24, 2.45) is 10.8 Å². The molecule has 188 valence electrons. The summed E-state index contributed by atoms with van der Waals surface area (Å²) in [5, 5.41) is 9.65. The number of halogens is 2. The van der Waals surface area contributed by atoms with Crippen LogP contribution in [0.2, 0.25) is 0 Å². The third kappa shape index (κ3) is 4.33. The summed E-state index contributed by atoms with van der Waals surface area (Å²) in [4.78, 5) is 46.2. The van der Waals surface area contributed by atoms with Gasteiger partial charge in [-0.25, -0.2) is 13.8 Å². The van der Waals surface area contributed by atoms with Crippen molar-refractivity contribution in [3.05, 3.63) is 59.2 Å². The van der Waals surface area contributed by atoms with Gasteiger partial charge in [0.2, 0.25) is 0 Å². The molecular weight excluding hydrogens is 470 g/mol. The van der Waals surface area contributed by atoms with Crippen molar-refractivity contribution in [1.29, 1.82) is 0 Å². The number of benzene rings is 1. The minimum atomic E-state index is -1.01. The second kappa shape index (κ2) is 9.03. The van der Waals surface area contributed by atoms with Crippen LogP contribution >= 0.6 is 0 Å². The van der Waals surface area contributed by atoms with Gasteiger partial charge in [0, 0.05) is 24.6 Å². The Hall–Kier alpha value is -3.76. The van der Waals surface area contributed by atoms with E-state index in [2.05, 4.69) is 25.7 Å². The lowest BCUT2D eigenvalue weighted by Crippen LogP contribution is -2.49. The predicted molar refractivity (Wildman–Crippen MR) is 124 cm³/mol. The second-order valence-electron chi connectivity index (χ2n) is 9.95. The van der Waals surface area contributed by atoms with Gasteiger partial charge in [0.25, 0.3) is 17.6 Å². The molecule has 11 heteroatoms. The molecule has 6 rings (SSSR count). The summed E-state index contributed by atoms with van der Waals surface area (Å²) in [6.07, 6.45) is 6.46. The highest BCUT2D eigenvalue weighted by Gasteiger charge is 2.50. The van der Waals surface area contributed by atoms with E-state index in [4.69, 9.17) is 0 Å². The molecule has 36 heavy (non-hydrogen) atoms. The van der Waals surface area contributed by atoms with Crippen LogP contribution in [0, 0.1) is 22.5 Å². The number of carbonyl (C=O) groups excluding carboxylic acids is 3. The van der Waals surface area contributed by atoms with E-state index in [9.17, 15) is 23.2 Å². The Morgan fingerprint density at radius 2 is 1.69 bits per heavy atom. The van der Waals surface area contributed by atoms with Gasteiger partial charge in [0.15, 0.2) is 11.6 Å². The van der Waals surface area contributed by atoms with E-state index in [1.165, 1.54) is 23.0 Å². The van der Waals surface area contributed by atoms with Crippen LogP contribution in [0.1, 0.15) is 72.0 Å². The Balaban J connectivity index is 1.29. The lowest BCUT2D eigenvalue weighted by molar-refractivity contribution is -0.135. The molecule has 0 saturated heterocycles. The molecule has 3 aliphatic rings. The van der Waals surface area contributed by atoms with Crippen molar-refractivity contribution in [2.45, 2.75) is 52.0 Å². The van der Waals surface area contributed by atoms with Crippen LogP contribution in [0.4, 0.5) is 8.78 Å². The normalized spacial score (nSPS) is 23.0. The first-order valence-corrected chi connectivity index (χ1v) is 11.9. The number of rotatable bonds is 7. The summed E-state index contributed by atoms with van der Waals surface area (Å²) < 4.78 is 27.9. The molecule has 3 aliphatic carbocycles. The molecular formula is C25H26F2N6O3. The van der Waals surface area contributed by atoms with Gasteiger partial charge >= 0.3 is 0 Å². The molecule has 0 radical (unpaired) electrons. The fourth-order valence-corrected chi connectivity index (χ4v) is 5.43. The van der Waals surface area contributed by atoms with Crippen molar-refractivity contribution >= 4 is 23.4 Å². The Morgan fingerprint density at radius 3 is 2.36 bits per heavy atom. The largest absolute Gasteiger partial charge is 0.350 e. The van der Waals surface area contributed by atoms with E-state index in [0.29, 0.717) is 12.1 Å². The van der Waals surface area contributed by atoms with E-state index >= 15 is 0 Å². The van der Waals surface area contributed by atoms with E-state index in [0.717, 1.165) is 50.7 Å². The highest BCUT2D eigenvalue weighted by molar-refractivity contribution is 5.98. The zero-order chi connectivity index (χ0) is 25.5. The summed E-state index contributed by atoms with van der Waals surface area (Å²) in [7, 11) is 0. The molecule has 2 amide bonds. The molecule has 2 aromatic heterocycles. The van der Waals surface area contributed by atoms with Crippen LogP contribution < -0.4 is 10.6 Å². The fourth-order valence-electron chi connectivity index (χ4n) is 5.43. The molecule has 3 aromatic rings. The number of hydrogen-bond acceptors (Lipinski definition) is 6. The average Bonchev–Trinajstić information content (AvgIpc) is 3.37. The number of Topliss-reactive ketones (excluding diaryl/α,β-unsaturated/α-hetero) is 1. The van der Waals surface area contributed by atoms with Gasteiger partial charge in [0.1, 0.15) is 23.5 Å². The topological polar surface area (TPSA) is 118 Å². The number of nitrogens with zero attached hydrogens (tertiary/aromatic N) is 4. The van der Waals surface area contributed by atoms with Gasteiger partial charge in [-0.3, -0.25) is 14.4 Å². The van der Waals surface area contributed by atoms with Gasteiger partial charge in [-0.15, -0.1) is 0 Å². The van der Waals surface area contributed by atoms with Crippen molar-refractivity contribution < 1.29 is 23.2 Å². The van der Waals surface area contributed by atoms with E-state index in [-0.39, 0.29) is 40.3 Å². The van der Waals surface area contributed by atoms with E-state index in [1.54, 1.807) is 6.92 Å². The Labute approximate surface area is 205 Å². The summed E-state index contributed by atoms with van der Waals surface area (Å²) >= 11 is 0. The standard InChI is InChI=1S/C25H26F2N6O3/c1-15(34)25-7-4-24(5-8-25,6-9-25)13-29-22(36)20-11-19(32-23-30-14-31-33(20)23)21(35)28-12-16-2-3-17(26)18(27)10-16/h2-3,10-11,14H,4-9,12-13H2,1H3,(H,28,35)(H,29,36). The number of ketones is 1. The van der Waals surface area contributed by atoms with Crippen LogP contribution in [0.3, 0.4) is 0 Å². The van der Waals surface area contributed by atoms with Crippen molar-refractivity contribution in [2.75, 3.05) is 6.54 Å². The van der Waals surface area contributed by atoms with Gasteiger partial charge in [-0.1, -0.05) is 6.07 Å². The summed E-state index contributed by atoms with van der Waals surface area (Å²) in [5.74, 6) is -2.64. The summed E-state index contributed by atoms with van der Waals surface area (Å²) in [6.45, 7) is 2.09. The highest BCUT2D eigenvalue weighted by Crippen LogP contribution is 2.56. The number of aromatic nitrogens is 4. The molecule has 2 bridgehead atoms. The zero-order valence-electron chi connectivity index (χ0n) is 19.8. The smallest absolute Gasteiger partial charge is 0.270 e. The number of nitrogens with one attached hydrogen (secondary N) is 2. The summed E-state index contributed by atoms with van der Waals surface area (Å²) in [5.41, 5.74) is 0.203. The van der Waals surface area contributed by atoms with Gasteiger partial charge in [-0.05, 0) is 68.6 Å². The third-order valence-electron chi connectivity index (χ3n) is 7.93. The maximum absolute atomic E-state index is 13.4. The lowest BCUT2D eigenvalue weighted by Gasteiger charge is -2.52. The van der Waals surface area contributed by atoms with Gasteiger partial charge in [0.05, 0.1) is 0 Å². The SMILES string of the molecule is CC(=O)C12CCC(CNC(=O)c3cc(C(=O)NCc4ccc(F)c(F)c4)nc4ncnn34)(CC1)CC2. The van der Waals surface area contributed by atoms with Gasteiger partial charge in [-0.2, -0.15) is 14.6 Å². The van der Waals surface area contributed by atoms with Crippen LogP contribution in [-0.2, 0) is 11.3 Å². The maximum atomic E-state index is 13.4. The van der Waals surface area contributed by atoms with Crippen molar-refractivity contribution in [3.8, 4) is 0 Å². The first-order chi connectivity index (χ1) is 17.2. The van der Waals surface area contributed by atoms with Crippen molar-refractivity contribution in [1.82, 2.24) is 30.2 Å². The first-order valence-electron chi connectivity index (χ1n) is 11.9. The molecule has 0 atom stereocenters. The Bertz CT molecular complexity index is 1350.